The van der Waals surface area contributed by atoms with Crippen molar-refractivity contribution >= 4 is 23.1 Å². The lowest BCUT2D eigenvalue weighted by atomic mass is 10.0. The second-order valence-electron chi connectivity index (χ2n) is 7.46. The van der Waals surface area contributed by atoms with Crippen LogP contribution in [0.15, 0.2) is 51.5 Å². The second-order valence-corrected chi connectivity index (χ2v) is 9.35. The second kappa shape index (κ2) is 7.76. The van der Waals surface area contributed by atoms with Crippen LogP contribution in [0.4, 0.5) is 0 Å². The molecule has 0 saturated heterocycles. The molecule has 1 saturated carbocycles. The highest BCUT2D eigenvalue weighted by Gasteiger charge is 2.30. The van der Waals surface area contributed by atoms with E-state index in [1.807, 2.05) is 18.2 Å². The molecule has 0 unspecified atom stereocenters. The molecular formula is C21H21N5OS2. The van der Waals surface area contributed by atoms with Crippen LogP contribution in [0.1, 0.15) is 50.1 Å². The predicted octanol–water partition coefficient (Wildman–Crippen LogP) is 5.81. The van der Waals surface area contributed by atoms with E-state index in [1.54, 1.807) is 23.1 Å². The van der Waals surface area contributed by atoms with E-state index in [4.69, 9.17) is 4.52 Å². The van der Waals surface area contributed by atoms with Gasteiger partial charge in [-0.1, -0.05) is 61.1 Å². The molecule has 8 heteroatoms. The molecular weight excluding hydrogens is 402 g/mol. The van der Waals surface area contributed by atoms with Crippen molar-refractivity contribution < 1.29 is 4.52 Å². The molecule has 0 aliphatic heterocycles. The van der Waals surface area contributed by atoms with Crippen molar-refractivity contribution in [2.24, 2.45) is 0 Å². The summed E-state index contributed by atoms with van der Waals surface area (Å²) >= 11 is 3.29. The van der Waals surface area contributed by atoms with E-state index >= 15 is 0 Å². The quantitative estimate of drug-likeness (QED) is 0.350. The summed E-state index contributed by atoms with van der Waals surface area (Å²) in [7, 11) is 0. The molecule has 3 heterocycles. The summed E-state index contributed by atoms with van der Waals surface area (Å²) in [4.78, 5) is 5.72. The van der Waals surface area contributed by atoms with E-state index in [0.717, 1.165) is 21.4 Å². The molecule has 29 heavy (non-hydrogen) atoms. The monoisotopic (exact) mass is 423 g/mol. The third-order valence-electron chi connectivity index (χ3n) is 4.95. The molecule has 0 radical (unpaired) electrons. The van der Waals surface area contributed by atoms with Gasteiger partial charge in [0.1, 0.15) is 0 Å². The average molecular weight is 424 g/mol. The molecule has 1 aromatic carbocycles. The molecule has 1 aliphatic rings. The first kappa shape index (κ1) is 18.6. The molecule has 5 rings (SSSR count). The van der Waals surface area contributed by atoms with Gasteiger partial charge in [0.05, 0.1) is 10.6 Å². The fourth-order valence-electron chi connectivity index (χ4n) is 3.19. The number of thioether (sulfide) groups is 1. The van der Waals surface area contributed by atoms with E-state index in [0.29, 0.717) is 29.4 Å². The van der Waals surface area contributed by atoms with Crippen molar-refractivity contribution in [3.8, 4) is 22.1 Å². The van der Waals surface area contributed by atoms with Crippen molar-refractivity contribution in [3.63, 3.8) is 0 Å². The summed E-state index contributed by atoms with van der Waals surface area (Å²) in [5.41, 5.74) is 2.27. The Labute approximate surface area is 177 Å². The fourth-order valence-corrected chi connectivity index (χ4v) is 4.73. The van der Waals surface area contributed by atoms with Gasteiger partial charge >= 0.3 is 0 Å². The van der Waals surface area contributed by atoms with Gasteiger partial charge in [-0.25, -0.2) is 0 Å². The zero-order chi connectivity index (χ0) is 19.8. The highest BCUT2D eigenvalue weighted by atomic mass is 32.2. The smallest absolute Gasteiger partial charge is 0.237 e. The van der Waals surface area contributed by atoms with Gasteiger partial charge in [0.2, 0.25) is 11.7 Å². The first-order valence-electron chi connectivity index (χ1n) is 9.73. The minimum absolute atomic E-state index is 0.502. The molecule has 0 bridgehead atoms. The average Bonchev–Trinajstić information content (AvgIpc) is 3.16. The normalized spacial score (nSPS) is 14.0. The van der Waals surface area contributed by atoms with Gasteiger partial charge in [0.25, 0.3) is 0 Å². The molecule has 0 amide bonds. The van der Waals surface area contributed by atoms with Crippen molar-refractivity contribution in [1.29, 1.82) is 0 Å². The number of nitrogens with zero attached hydrogens (tertiary/aromatic N) is 5. The first-order valence-corrected chi connectivity index (χ1v) is 11.6. The minimum atomic E-state index is 0.502. The van der Waals surface area contributed by atoms with Crippen LogP contribution in [0.5, 0.6) is 0 Å². The van der Waals surface area contributed by atoms with Gasteiger partial charge in [0.15, 0.2) is 11.0 Å². The van der Waals surface area contributed by atoms with Crippen LogP contribution in [0.3, 0.4) is 0 Å². The molecule has 0 atom stereocenters. The van der Waals surface area contributed by atoms with Gasteiger partial charge < -0.3 is 4.52 Å². The van der Waals surface area contributed by atoms with E-state index in [-0.39, 0.29) is 0 Å². The Morgan fingerprint density at radius 2 is 2.00 bits per heavy atom. The van der Waals surface area contributed by atoms with Crippen LogP contribution < -0.4 is 0 Å². The number of thiophene rings is 1. The van der Waals surface area contributed by atoms with E-state index in [1.165, 1.54) is 18.4 Å². The van der Waals surface area contributed by atoms with Crippen molar-refractivity contribution in [2.75, 3.05) is 0 Å². The van der Waals surface area contributed by atoms with Crippen LogP contribution in [-0.2, 0) is 5.75 Å². The molecule has 0 N–H and O–H groups in total. The van der Waals surface area contributed by atoms with Crippen molar-refractivity contribution in [3.05, 3.63) is 53.2 Å². The Balaban J connectivity index is 1.31. The summed E-state index contributed by atoms with van der Waals surface area (Å²) in [6.07, 6.45) is 2.36. The molecule has 1 aliphatic carbocycles. The molecule has 4 aromatic rings. The number of hydrogen-bond donors (Lipinski definition) is 0. The van der Waals surface area contributed by atoms with Crippen LogP contribution in [0, 0.1) is 0 Å². The SMILES string of the molecule is CC(C)c1ccc(-c2noc(CSc3nnc(-c4cccs4)n3C3CC3)n2)cc1. The van der Waals surface area contributed by atoms with Gasteiger partial charge in [-0.15, -0.1) is 21.5 Å². The van der Waals surface area contributed by atoms with E-state index in [2.05, 4.69) is 62.3 Å². The third kappa shape index (κ3) is 3.86. The first-order chi connectivity index (χ1) is 14.2. The number of rotatable bonds is 7. The van der Waals surface area contributed by atoms with Crippen LogP contribution in [0.25, 0.3) is 22.1 Å². The fraction of sp³-hybridized carbons (Fsp3) is 0.333. The molecule has 6 nitrogen and oxygen atoms in total. The Kier molecular flexibility index (Phi) is 4.97. The summed E-state index contributed by atoms with van der Waals surface area (Å²) in [5.74, 6) is 3.26. The number of aromatic nitrogens is 5. The maximum atomic E-state index is 5.48. The minimum Gasteiger partial charge on any atom is -0.338 e. The molecule has 0 spiro atoms. The highest BCUT2D eigenvalue weighted by molar-refractivity contribution is 7.98. The van der Waals surface area contributed by atoms with Crippen LogP contribution in [0.2, 0.25) is 0 Å². The lowest BCUT2D eigenvalue weighted by molar-refractivity contribution is 0.391. The van der Waals surface area contributed by atoms with Crippen LogP contribution >= 0.6 is 23.1 Å². The predicted molar refractivity (Wildman–Crippen MR) is 115 cm³/mol. The summed E-state index contributed by atoms with van der Waals surface area (Å²) in [6.45, 7) is 4.37. The van der Waals surface area contributed by atoms with Crippen molar-refractivity contribution in [1.82, 2.24) is 24.9 Å². The largest absolute Gasteiger partial charge is 0.338 e. The summed E-state index contributed by atoms with van der Waals surface area (Å²) in [5, 5.41) is 16.0. The topological polar surface area (TPSA) is 69.6 Å². The Bertz CT molecular complexity index is 1090. The van der Waals surface area contributed by atoms with Crippen LogP contribution in [-0.4, -0.2) is 24.9 Å². The van der Waals surface area contributed by atoms with E-state index in [9.17, 15) is 0 Å². The third-order valence-corrected chi connectivity index (χ3v) is 6.74. The highest BCUT2D eigenvalue weighted by Crippen LogP contribution is 2.42. The summed E-state index contributed by atoms with van der Waals surface area (Å²) < 4.78 is 7.74. The maximum absolute atomic E-state index is 5.48. The number of hydrogen-bond acceptors (Lipinski definition) is 7. The number of benzene rings is 1. The maximum Gasteiger partial charge on any atom is 0.237 e. The van der Waals surface area contributed by atoms with Gasteiger partial charge in [0, 0.05) is 11.6 Å². The Hall–Kier alpha value is -2.45. The Morgan fingerprint density at radius 3 is 2.69 bits per heavy atom. The zero-order valence-electron chi connectivity index (χ0n) is 16.3. The Morgan fingerprint density at radius 1 is 1.17 bits per heavy atom. The van der Waals surface area contributed by atoms with Gasteiger partial charge in [-0.3, -0.25) is 4.57 Å². The lowest BCUT2D eigenvalue weighted by Gasteiger charge is -2.06. The molecule has 1 fully saturated rings. The lowest BCUT2D eigenvalue weighted by Crippen LogP contribution is -1.99. The molecule has 3 aromatic heterocycles. The standard InChI is InChI=1S/C21H21N5OS2/c1-13(2)14-5-7-15(8-6-14)19-22-18(27-25-19)12-29-21-24-23-20(17-4-3-11-28-17)26(21)16-9-10-16/h3-8,11,13,16H,9-10,12H2,1-2H3. The van der Waals surface area contributed by atoms with Gasteiger partial charge in [-0.2, -0.15) is 4.98 Å². The van der Waals surface area contributed by atoms with Crippen molar-refractivity contribution in [2.45, 2.75) is 49.6 Å². The molecule has 148 valence electrons. The zero-order valence-corrected chi connectivity index (χ0v) is 17.9. The van der Waals surface area contributed by atoms with E-state index < -0.39 is 0 Å². The van der Waals surface area contributed by atoms with Gasteiger partial charge in [-0.05, 0) is 35.8 Å². The summed E-state index contributed by atoms with van der Waals surface area (Å²) in [6, 6.07) is 13.0.